The number of likely N-dealkylation sites (N-methyl/N-ethyl adjacent to an activating group) is 1. The minimum atomic E-state index is -1.06. The summed E-state index contributed by atoms with van der Waals surface area (Å²) >= 11 is 1.61. The molecule has 3 heterocycles. The van der Waals surface area contributed by atoms with Crippen LogP contribution in [0, 0.1) is 6.92 Å². The van der Waals surface area contributed by atoms with Gasteiger partial charge in [0, 0.05) is 24.5 Å². The number of carbonyl (C=O) groups excluding carboxylic acids is 2. The summed E-state index contributed by atoms with van der Waals surface area (Å²) < 4.78 is 18.0. The minimum Gasteiger partial charge on any atom is -0.491 e. The molecule has 0 aliphatic carbocycles. The van der Waals surface area contributed by atoms with Crippen LogP contribution in [0.3, 0.4) is 0 Å². The van der Waals surface area contributed by atoms with Crippen LogP contribution in [0.15, 0.2) is 53.9 Å². The predicted octanol–water partition coefficient (Wildman–Crippen LogP) is 4.36. The SMILES string of the molecule is Cc1nc(-c2ccc(OCC(=O)N3CCOC4(CCCCc5ccccc5OCCN(C)C4=O)C3)cc2)cs1. The summed E-state index contributed by atoms with van der Waals surface area (Å²) in [6, 6.07) is 15.7. The van der Waals surface area contributed by atoms with E-state index >= 15 is 0 Å². The number of hydrogen-bond acceptors (Lipinski definition) is 7. The Labute approximate surface area is 233 Å². The monoisotopic (exact) mass is 549 g/mol. The molecule has 1 unspecified atom stereocenters. The van der Waals surface area contributed by atoms with Crippen molar-refractivity contribution < 1.29 is 23.8 Å². The highest BCUT2D eigenvalue weighted by Crippen LogP contribution is 2.30. The Balaban J connectivity index is 1.22. The standard InChI is InChI=1S/C30H35N3O5S/c1-22-31-26(20-39-22)23-10-12-25(13-11-23)37-19-28(34)33-16-18-38-30(21-33)14-6-5-8-24-7-3-4-9-27(24)36-17-15-32(2)29(30)35/h3-4,7,9-13,20H,5-6,8,14-19,21H2,1-2H3. The van der Waals surface area contributed by atoms with Crippen molar-refractivity contribution >= 4 is 23.2 Å². The third-order valence-electron chi connectivity index (χ3n) is 7.34. The zero-order valence-electron chi connectivity index (χ0n) is 22.6. The Kier molecular flexibility index (Phi) is 8.47. The van der Waals surface area contributed by atoms with Gasteiger partial charge in [-0.1, -0.05) is 18.2 Å². The van der Waals surface area contributed by atoms with Gasteiger partial charge in [0.1, 0.15) is 18.1 Å². The molecule has 0 N–H and O–H groups in total. The van der Waals surface area contributed by atoms with Crippen LogP contribution in [0.25, 0.3) is 11.3 Å². The molecule has 206 valence electrons. The van der Waals surface area contributed by atoms with Crippen molar-refractivity contribution in [2.24, 2.45) is 0 Å². The summed E-state index contributed by atoms with van der Waals surface area (Å²) in [7, 11) is 1.77. The molecule has 2 amide bonds. The van der Waals surface area contributed by atoms with Gasteiger partial charge in [0.2, 0.25) is 0 Å². The summed E-state index contributed by atoms with van der Waals surface area (Å²) in [5.74, 6) is 1.23. The predicted molar refractivity (Wildman–Crippen MR) is 150 cm³/mol. The molecule has 2 aromatic carbocycles. The van der Waals surface area contributed by atoms with Crippen molar-refractivity contribution in [3.05, 3.63) is 64.5 Å². The molecule has 8 nitrogen and oxygen atoms in total. The molecule has 39 heavy (non-hydrogen) atoms. The van der Waals surface area contributed by atoms with Crippen molar-refractivity contribution in [1.82, 2.24) is 14.8 Å². The number of morpholine rings is 1. The van der Waals surface area contributed by atoms with Gasteiger partial charge in [-0.25, -0.2) is 4.98 Å². The third-order valence-corrected chi connectivity index (χ3v) is 8.11. The zero-order chi connectivity index (χ0) is 27.2. The van der Waals surface area contributed by atoms with Crippen LogP contribution in [0.4, 0.5) is 0 Å². The Morgan fingerprint density at radius 3 is 2.72 bits per heavy atom. The van der Waals surface area contributed by atoms with Gasteiger partial charge in [-0.15, -0.1) is 11.3 Å². The van der Waals surface area contributed by atoms with Crippen LogP contribution in [0.2, 0.25) is 0 Å². The maximum absolute atomic E-state index is 13.7. The molecule has 0 radical (unpaired) electrons. The fraction of sp³-hybridized carbons (Fsp3) is 0.433. The molecule has 1 saturated heterocycles. The first-order valence-electron chi connectivity index (χ1n) is 13.5. The summed E-state index contributed by atoms with van der Waals surface area (Å²) in [6.45, 7) is 3.68. The highest BCUT2D eigenvalue weighted by atomic mass is 32.1. The number of aromatic nitrogens is 1. The fourth-order valence-corrected chi connectivity index (χ4v) is 5.78. The molecular weight excluding hydrogens is 514 g/mol. The lowest BCUT2D eigenvalue weighted by Crippen LogP contribution is -2.61. The quantitative estimate of drug-likeness (QED) is 0.481. The van der Waals surface area contributed by atoms with Crippen molar-refractivity contribution in [1.29, 1.82) is 0 Å². The van der Waals surface area contributed by atoms with Gasteiger partial charge in [0.15, 0.2) is 12.2 Å². The van der Waals surface area contributed by atoms with Crippen molar-refractivity contribution in [2.75, 3.05) is 46.5 Å². The normalized spacial score (nSPS) is 20.5. The Morgan fingerprint density at radius 2 is 1.92 bits per heavy atom. The molecule has 9 heteroatoms. The van der Waals surface area contributed by atoms with Gasteiger partial charge < -0.3 is 24.0 Å². The van der Waals surface area contributed by atoms with Crippen LogP contribution >= 0.6 is 11.3 Å². The minimum absolute atomic E-state index is 0.0973. The third kappa shape index (κ3) is 6.42. The summed E-state index contributed by atoms with van der Waals surface area (Å²) in [5, 5.41) is 3.04. The second kappa shape index (κ2) is 12.2. The highest BCUT2D eigenvalue weighted by molar-refractivity contribution is 7.09. The molecule has 0 saturated carbocycles. The molecule has 2 aliphatic rings. The van der Waals surface area contributed by atoms with Crippen LogP contribution in [0.1, 0.15) is 29.8 Å². The van der Waals surface area contributed by atoms with Gasteiger partial charge in [-0.3, -0.25) is 9.59 Å². The van der Waals surface area contributed by atoms with Crippen LogP contribution in [-0.4, -0.2) is 78.7 Å². The number of amides is 2. The van der Waals surface area contributed by atoms with Crippen molar-refractivity contribution in [3.8, 4) is 22.8 Å². The average Bonchev–Trinajstić information content (AvgIpc) is 3.40. The Morgan fingerprint density at radius 1 is 1.10 bits per heavy atom. The average molecular weight is 550 g/mol. The number of hydrogen-bond donors (Lipinski definition) is 0. The summed E-state index contributed by atoms with van der Waals surface area (Å²) in [5.41, 5.74) is 2.05. The second-order valence-corrected chi connectivity index (χ2v) is 11.2. The van der Waals surface area contributed by atoms with E-state index < -0.39 is 5.60 Å². The van der Waals surface area contributed by atoms with E-state index in [9.17, 15) is 9.59 Å². The molecule has 3 aromatic rings. The topological polar surface area (TPSA) is 81.2 Å². The first kappa shape index (κ1) is 27.1. The molecular formula is C30H35N3O5S. The smallest absolute Gasteiger partial charge is 0.260 e. The number of ether oxygens (including phenoxy) is 3. The zero-order valence-corrected chi connectivity index (χ0v) is 23.4. The highest BCUT2D eigenvalue weighted by Gasteiger charge is 2.46. The van der Waals surface area contributed by atoms with Crippen molar-refractivity contribution in [3.63, 3.8) is 0 Å². The number of para-hydroxylation sites is 1. The van der Waals surface area contributed by atoms with Crippen LogP contribution in [-0.2, 0) is 20.7 Å². The van der Waals surface area contributed by atoms with E-state index in [4.69, 9.17) is 14.2 Å². The Hall–Kier alpha value is -3.43. The fourth-order valence-electron chi connectivity index (χ4n) is 5.16. The second-order valence-electron chi connectivity index (χ2n) is 10.1. The number of carbonyl (C=O) groups is 2. The molecule has 0 bridgehead atoms. The van der Waals surface area contributed by atoms with Gasteiger partial charge in [0.05, 0.1) is 30.4 Å². The summed E-state index contributed by atoms with van der Waals surface area (Å²) in [6.07, 6.45) is 3.13. The molecule has 1 fully saturated rings. The molecule has 1 aromatic heterocycles. The number of nitrogens with zero attached hydrogens (tertiary/aromatic N) is 3. The van der Waals surface area contributed by atoms with E-state index in [2.05, 4.69) is 11.1 Å². The first-order valence-corrected chi connectivity index (χ1v) is 14.3. The van der Waals surface area contributed by atoms with Crippen molar-refractivity contribution in [2.45, 2.75) is 38.2 Å². The maximum Gasteiger partial charge on any atom is 0.260 e. The van der Waals surface area contributed by atoms with Crippen LogP contribution in [0.5, 0.6) is 11.5 Å². The van der Waals surface area contributed by atoms with E-state index in [1.165, 1.54) is 5.56 Å². The van der Waals surface area contributed by atoms with E-state index in [1.54, 1.807) is 28.2 Å². The van der Waals surface area contributed by atoms with Gasteiger partial charge in [-0.05, 0) is 68.5 Å². The van der Waals surface area contributed by atoms with Crippen LogP contribution < -0.4 is 9.47 Å². The number of rotatable bonds is 4. The van der Waals surface area contributed by atoms with Gasteiger partial charge in [-0.2, -0.15) is 0 Å². The van der Waals surface area contributed by atoms with Gasteiger partial charge >= 0.3 is 0 Å². The largest absolute Gasteiger partial charge is 0.491 e. The molecule has 1 spiro atoms. The summed E-state index contributed by atoms with van der Waals surface area (Å²) in [4.78, 5) is 34.7. The lowest BCUT2D eigenvalue weighted by molar-refractivity contribution is -0.176. The lowest BCUT2D eigenvalue weighted by atomic mass is 9.91. The Bertz CT molecular complexity index is 1290. The van der Waals surface area contributed by atoms with E-state index in [-0.39, 0.29) is 25.0 Å². The first-order chi connectivity index (χ1) is 18.9. The number of fused-ring (bicyclic) bond motifs is 1. The van der Waals surface area contributed by atoms with Gasteiger partial charge in [0.25, 0.3) is 11.8 Å². The van der Waals surface area contributed by atoms with E-state index in [1.807, 2.05) is 54.8 Å². The number of aryl methyl sites for hydroxylation is 2. The maximum atomic E-state index is 13.7. The number of benzene rings is 2. The van der Waals surface area contributed by atoms with E-state index in [0.717, 1.165) is 41.3 Å². The molecule has 1 atom stereocenters. The molecule has 5 rings (SSSR count). The lowest BCUT2D eigenvalue weighted by Gasteiger charge is -2.43. The molecule has 2 aliphatic heterocycles. The number of thiazole rings is 1. The van der Waals surface area contributed by atoms with E-state index in [0.29, 0.717) is 38.5 Å².